The molecule has 126 valence electrons. The van der Waals surface area contributed by atoms with Crippen LogP contribution in [0.3, 0.4) is 0 Å². The molecule has 3 rings (SSSR count). The minimum Gasteiger partial charge on any atom is -0.481 e. The topological polar surface area (TPSA) is 81.4 Å². The van der Waals surface area contributed by atoms with Gasteiger partial charge in [0.2, 0.25) is 5.91 Å². The van der Waals surface area contributed by atoms with Crippen molar-refractivity contribution in [2.24, 2.45) is 5.73 Å². The van der Waals surface area contributed by atoms with E-state index >= 15 is 0 Å². The van der Waals surface area contributed by atoms with Gasteiger partial charge >= 0.3 is 0 Å². The number of nitrogens with one attached hydrogen (secondary N) is 1. The largest absolute Gasteiger partial charge is 0.481 e. The molecule has 1 amide bonds. The van der Waals surface area contributed by atoms with Crippen molar-refractivity contribution >= 4 is 23.0 Å². The summed E-state index contributed by atoms with van der Waals surface area (Å²) in [5, 5.41) is 5.21. The standard InChI is InChI=1S/C18H20N2O3S/c1-18(2,15-4-3-7-24-15)16(21)14-10-20-9-12-6-5-11(17(19)22)8-13(12)23-14/h3-8,14,20H,9-10H2,1-2H3,(H2,19,22). The van der Waals surface area contributed by atoms with E-state index in [9.17, 15) is 9.59 Å². The Morgan fingerprint density at radius 3 is 2.79 bits per heavy atom. The molecule has 0 spiro atoms. The van der Waals surface area contributed by atoms with E-state index in [0.717, 1.165) is 10.4 Å². The van der Waals surface area contributed by atoms with Crippen molar-refractivity contribution in [2.45, 2.75) is 31.9 Å². The number of fused-ring (bicyclic) bond motifs is 1. The number of amides is 1. The molecular weight excluding hydrogens is 324 g/mol. The highest BCUT2D eigenvalue weighted by molar-refractivity contribution is 7.10. The summed E-state index contributed by atoms with van der Waals surface area (Å²) >= 11 is 1.56. The van der Waals surface area contributed by atoms with E-state index in [-0.39, 0.29) is 5.78 Å². The van der Waals surface area contributed by atoms with E-state index in [1.165, 1.54) is 0 Å². The molecule has 1 aromatic carbocycles. The first-order chi connectivity index (χ1) is 11.4. The number of hydrogen-bond donors (Lipinski definition) is 2. The van der Waals surface area contributed by atoms with Crippen LogP contribution in [0.5, 0.6) is 5.75 Å². The van der Waals surface area contributed by atoms with Gasteiger partial charge < -0.3 is 15.8 Å². The average Bonchev–Trinajstić information content (AvgIpc) is 3.01. The molecule has 2 aromatic rings. The zero-order chi connectivity index (χ0) is 17.3. The second kappa shape index (κ2) is 6.37. The minimum atomic E-state index is -0.633. The highest BCUT2D eigenvalue weighted by Gasteiger charge is 2.38. The number of ketones is 1. The van der Waals surface area contributed by atoms with Crippen LogP contribution in [-0.4, -0.2) is 24.3 Å². The zero-order valence-electron chi connectivity index (χ0n) is 13.7. The van der Waals surface area contributed by atoms with Gasteiger partial charge in [0.05, 0.1) is 5.41 Å². The number of Topliss-reactive ketones (excluding diaryl/α,β-unsaturated/α-hetero) is 1. The van der Waals surface area contributed by atoms with Gasteiger partial charge in [0.1, 0.15) is 5.75 Å². The summed E-state index contributed by atoms with van der Waals surface area (Å²) in [6.45, 7) is 4.83. The molecule has 0 radical (unpaired) electrons. The number of nitrogens with two attached hydrogens (primary N) is 1. The second-order valence-corrected chi connectivity index (χ2v) is 7.34. The summed E-state index contributed by atoms with van der Waals surface area (Å²) in [7, 11) is 0. The van der Waals surface area contributed by atoms with E-state index in [4.69, 9.17) is 10.5 Å². The van der Waals surface area contributed by atoms with Crippen molar-refractivity contribution in [1.82, 2.24) is 5.32 Å². The first-order valence-corrected chi connectivity index (χ1v) is 8.66. The summed E-state index contributed by atoms with van der Waals surface area (Å²) in [5.74, 6) is 0.0341. The van der Waals surface area contributed by atoms with Gasteiger partial charge in [-0.15, -0.1) is 11.3 Å². The SMILES string of the molecule is CC(C)(C(=O)C1CNCc2ccc(C(N)=O)cc2O1)c1cccs1. The van der Waals surface area contributed by atoms with Gasteiger partial charge in [0, 0.05) is 29.1 Å². The van der Waals surface area contributed by atoms with Gasteiger partial charge in [0.25, 0.3) is 0 Å². The molecule has 1 aliphatic heterocycles. The summed E-state index contributed by atoms with van der Waals surface area (Å²) in [6, 6.07) is 8.99. The van der Waals surface area contributed by atoms with E-state index in [1.807, 2.05) is 31.4 Å². The number of hydrogen-bond acceptors (Lipinski definition) is 5. The highest BCUT2D eigenvalue weighted by Crippen LogP contribution is 2.32. The molecule has 0 aliphatic carbocycles. The Morgan fingerprint density at radius 1 is 1.33 bits per heavy atom. The minimum absolute atomic E-state index is 0.00905. The first-order valence-electron chi connectivity index (χ1n) is 7.78. The molecule has 24 heavy (non-hydrogen) atoms. The van der Waals surface area contributed by atoms with Crippen LogP contribution in [0.1, 0.15) is 34.6 Å². The molecule has 0 saturated heterocycles. The van der Waals surface area contributed by atoms with Crippen molar-refractivity contribution < 1.29 is 14.3 Å². The Hall–Kier alpha value is -2.18. The number of primary amides is 1. The molecule has 1 aromatic heterocycles. The van der Waals surface area contributed by atoms with Crippen LogP contribution in [0.25, 0.3) is 0 Å². The first kappa shape index (κ1) is 16.7. The molecule has 1 unspecified atom stereocenters. The molecule has 6 heteroatoms. The molecule has 1 atom stereocenters. The third kappa shape index (κ3) is 3.07. The number of benzene rings is 1. The number of rotatable bonds is 4. The lowest BCUT2D eigenvalue weighted by molar-refractivity contribution is -0.130. The Balaban J connectivity index is 1.89. The van der Waals surface area contributed by atoms with Crippen LogP contribution in [0.15, 0.2) is 35.7 Å². The van der Waals surface area contributed by atoms with E-state index in [1.54, 1.807) is 29.5 Å². The van der Waals surface area contributed by atoms with Crippen LogP contribution in [0.2, 0.25) is 0 Å². The summed E-state index contributed by atoms with van der Waals surface area (Å²) in [4.78, 5) is 25.4. The number of carbonyl (C=O) groups is 2. The Bertz CT molecular complexity index is 769. The average molecular weight is 344 g/mol. The predicted octanol–water partition coefficient (Wildman–Crippen LogP) is 2.24. The zero-order valence-corrected chi connectivity index (χ0v) is 14.5. The van der Waals surface area contributed by atoms with E-state index < -0.39 is 17.4 Å². The van der Waals surface area contributed by atoms with Gasteiger partial charge in [0.15, 0.2) is 11.9 Å². The molecule has 2 heterocycles. The van der Waals surface area contributed by atoms with Gasteiger partial charge in [-0.2, -0.15) is 0 Å². The molecule has 0 saturated carbocycles. The van der Waals surface area contributed by atoms with Gasteiger partial charge in [-0.25, -0.2) is 0 Å². The molecule has 0 bridgehead atoms. The van der Waals surface area contributed by atoms with Crippen LogP contribution in [0, 0.1) is 0 Å². The third-order valence-electron chi connectivity index (χ3n) is 4.31. The van der Waals surface area contributed by atoms with Crippen molar-refractivity contribution in [1.29, 1.82) is 0 Å². The Kier molecular flexibility index (Phi) is 4.43. The van der Waals surface area contributed by atoms with Crippen molar-refractivity contribution in [3.8, 4) is 5.75 Å². The monoisotopic (exact) mass is 344 g/mol. The van der Waals surface area contributed by atoms with Gasteiger partial charge in [-0.05, 0) is 37.4 Å². The lowest BCUT2D eigenvalue weighted by Crippen LogP contribution is -2.45. The summed E-state index contributed by atoms with van der Waals surface area (Å²) in [5.41, 5.74) is 5.99. The van der Waals surface area contributed by atoms with Crippen molar-refractivity contribution in [2.75, 3.05) is 6.54 Å². The Labute approximate surface area is 144 Å². The predicted molar refractivity (Wildman–Crippen MR) is 93.4 cm³/mol. The maximum absolute atomic E-state index is 13.0. The van der Waals surface area contributed by atoms with Crippen LogP contribution in [-0.2, 0) is 16.8 Å². The summed E-state index contributed by atoms with van der Waals surface area (Å²) in [6.07, 6.45) is -0.619. The molecular formula is C18H20N2O3S. The quantitative estimate of drug-likeness (QED) is 0.891. The van der Waals surface area contributed by atoms with E-state index in [0.29, 0.717) is 24.4 Å². The van der Waals surface area contributed by atoms with Gasteiger partial charge in [-0.3, -0.25) is 9.59 Å². The van der Waals surface area contributed by atoms with Crippen molar-refractivity contribution in [3.63, 3.8) is 0 Å². The molecule has 0 fully saturated rings. The second-order valence-electron chi connectivity index (χ2n) is 6.39. The number of carbonyl (C=O) groups excluding carboxylic acids is 2. The fourth-order valence-electron chi connectivity index (χ4n) is 2.80. The highest BCUT2D eigenvalue weighted by atomic mass is 32.1. The van der Waals surface area contributed by atoms with Gasteiger partial charge in [-0.1, -0.05) is 12.1 Å². The number of thiophene rings is 1. The molecule has 3 N–H and O–H groups in total. The van der Waals surface area contributed by atoms with E-state index in [2.05, 4.69) is 5.32 Å². The smallest absolute Gasteiger partial charge is 0.248 e. The maximum atomic E-state index is 13.0. The lowest BCUT2D eigenvalue weighted by Gasteiger charge is -2.27. The van der Waals surface area contributed by atoms with Crippen LogP contribution >= 0.6 is 11.3 Å². The van der Waals surface area contributed by atoms with Crippen LogP contribution < -0.4 is 15.8 Å². The van der Waals surface area contributed by atoms with Crippen LogP contribution in [0.4, 0.5) is 0 Å². The molecule has 1 aliphatic rings. The Morgan fingerprint density at radius 2 is 2.12 bits per heavy atom. The maximum Gasteiger partial charge on any atom is 0.248 e. The lowest BCUT2D eigenvalue weighted by atomic mass is 9.83. The normalized spacial score (nSPS) is 17.5. The molecule has 5 nitrogen and oxygen atoms in total. The number of ether oxygens (including phenoxy) is 1. The van der Waals surface area contributed by atoms with Crippen molar-refractivity contribution in [3.05, 3.63) is 51.7 Å². The fourth-order valence-corrected chi connectivity index (χ4v) is 3.66. The summed E-state index contributed by atoms with van der Waals surface area (Å²) < 4.78 is 5.98. The third-order valence-corrected chi connectivity index (χ3v) is 5.51. The fraction of sp³-hybridized carbons (Fsp3) is 0.333.